The summed E-state index contributed by atoms with van der Waals surface area (Å²) in [5.41, 5.74) is 9.98. The van der Waals surface area contributed by atoms with Crippen molar-refractivity contribution >= 4 is 34.1 Å². The van der Waals surface area contributed by atoms with Gasteiger partial charge in [-0.1, -0.05) is 0 Å². The number of rotatable bonds is 4. The van der Waals surface area contributed by atoms with Crippen molar-refractivity contribution in [1.29, 1.82) is 0 Å². The number of amides is 1. The second-order valence-corrected chi connectivity index (χ2v) is 6.79. The first-order valence-corrected chi connectivity index (χ1v) is 8.80. The number of aliphatic imine (C=N–C) groups is 1. The van der Waals surface area contributed by atoms with Crippen LogP contribution in [-0.4, -0.2) is 23.9 Å². The zero-order chi connectivity index (χ0) is 20.5. The molecule has 1 aromatic carbocycles. The molecule has 3 aromatic rings. The van der Waals surface area contributed by atoms with E-state index in [0.29, 0.717) is 11.6 Å². The summed E-state index contributed by atoms with van der Waals surface area (Å²) in [6.45, 7) is 0.322. The van der Waals surface area contributed by atoms with Crippen LogP contribution in [0.3, 0.4) is 0 Å². The summed E-state index contributed by atoms with van der Waals surface area (Å²) in [7, 11) is 1.46. The quantitative estimate of drug-likeness (QED) is 0.388. The van der Waals surface area contributed by atoms with Gasteiger partial charge in [0.25, 0.3) is 5.91 Å². The largest absolute Gasteiger partial charge is 0.444 e. The summed E-state index contributed by atoms with van der Waals surface area (Å²) in [6.07, 6.45) is -4.61. The van der Waals surface area contributed by atoms with E-state index in [4.69, 9.17) is 16.2 Å². The average molecular weight is 411 g/mol. The third-order valence-corrected chi connectivity index (χ3v) is 4.80. The van der Waals surface area contributed by atoms with Crippen LogP contribution in [0.4, 0.5) is 13.2 Å². The highest BCUT2D eigenvalue weighted by Crippen LogP contribution is 2.40. The first-order chi connectivity index (χ1) is 13.2. The first-order valence-electron chi connectivity index (χ1n) is 7.98. The van der Waals surface area contributed by atoms with E-state index < -0.39 is 17.6 Å². The maximum Gasteiger partial charge on any atom is 0.417 e. The molecule has 1 amide bonds. The van der Waals surface area contributed by atoms with Crippen molar-refractivity contribution < 1.29 is 22.7 Å². The molecule has 7 nitrogen and oxygen atoms in total. The van der Waals surface area contributed by atoms with Gasteiger partial charge in [-0.25, -0.2) is 0 Å². The minimum atomic E-state index is -4.61. The van der Waals surface area contributed by atoms with E-state index in [2.05, 4.69) is 15.3 Å². The highest BCUT2D eigenvalue weighted by atomic mass is 32.1. The summed E-state index contributed by atoms with van der Waals surface area (Å²) in [5.74, 6) is -0.842. The Hall–Kier alpha value is -3.05. The molecule has 0 unspecified atom stereocenters. The third-order valence-electron chi connectivity index (χ3n) is 3.82. The molecule has 2 aromatic heterocycles. The molecule has 0 saturated heterocycles. The van der Waals surface area contributed by atoms with Crippen LogP contribution in [0.1, 0.15) is 20.9 Å². The molecular weight excluding hydrogens is 395 g/mol. The van der Waals surface area contributed by atoms with E-state index in [9.17, 15) is 18.0 Å². The predicted molar refractivity (Wildman–Crippen MR) is 101 cm³/mol. The zero-order valence-corrected chi connectivity index (χ0v) is 15.4. The van der Waals surface area contributed by atoms with Gasteiger partial charge < -0.3 is 26.5 Å². The zero-order valence-electron chi connectivity index (χ0n) is 14.6. The SMILES string of the molecule is CNC(N)=NC(=O)c1cc2c(C(F)(F)F)ccc(Oc3ccc(CN)s3)c2[nH]1. The van der Waals surface area contributed by atoms with Gasteiger partial charge in [-0.3, -0.25) is 4.79 Å². The Balaban J connectivity index is 2.11. The number of halogens is 3. The Labute approximate surface area is 161 Å². The normalized spacial score (nSPS) is 12.4. The van der Waals surface area contributed by atoms with Crippen molar-refractivity contribution in [3.8, 4) is 10.8 Å². The van der Waals surface area contributed by atoms with Crippen LogP contribution in [0.5, 0.6) is 10.8 Å². The minimum Gasteiger partial charge on any atom is -0.444 e. The number of aromatic amines is 1. The van der Waals surface area contributed by atoms with E-state index in [-0.39, 0.29) is 28.3 Å². The molecule has 0 aliphatic heterocycles. The minimum absolute atomic E-state index is 0.0269. The van der Waals surface area contributed by atoms with Gasteiger partial charge >= 0.3 is 6.18 Å². The number of carbonyl (C=O) groups is 1. The number of guanidine groups is 1. The fourth-order valence-corrected chi connectivity index (χ4v) is 3.24. The predicted octanol–water partition coefficient (Wildman–Crippen LogP) is 3.17. The van der Waals surface area contributed by atoms with Crippen molar-refractivity contribution in [2.24, 2.45) is 16.5 Å². The molecule has 0 aliphatic rings. The molecule has 11 heteroatoms. The van der Waals surface area contributed by atoms with E-state index in [1.807, 2.05) is 0 Å². The number of nitrogens with two attached hydrogens (primary N) is 2. The lowest BCUT2D eigenvalue weighted by Crippen LogP contribution is -2.28. The van der Waals surface area contributed by atoms with Crippen molar-refractivity contribution in [1.82, 2.24) is 10.3 Å². The third kappa shape index (κ3) is 3.94. The molecule has 0 saturated carbocycles. The maximum atomic E-state index is 13.4. The second kappa shape index (κ2) is 7.52. The Morgan fingerprint density at radius 3 is 2.68 bits per heavy atom. The van der Waals surface area contributed by atoms with Gasteiger partial charge in [0.2, 0.25) is 0 Å². The van der Waals surface area contributed by atoms with Crippen LogP contribution in [0.2, 0.25) is 0 Å². The number of nitrogens with one attached hydrogen (secondary N) is 2. The molecule has 0 atom stereocenters. The molecule has 0 fully saturated rings. The number of hydrogen-bond donors (Lipinski definition) is 4. The van der Waals surface area contributed by atoms with Gasteiger partial charge in [0, 0.05) is 23.9 Å². The van der Waals surface area contributed by atoms with E-state index >= 15 is 0 Å². The van der Waals surface area contributed by atoms with Crippen LogP contribution in [0.25, 0.3) is 10.9 Å². The van der Waals surface area contributed by atoms with Crippen LogP contribution < -0.4 is 21.5 Å². The number of thiophene rings is 1. The smallest absolute Gasteiger partial charge is 0.417 e. The van der Waals surface area contributed by atoms with Crippen LogP contribution >= 0.6 is 11.3 Å². The lowest BCUT2D eigenvalue weighted by molar-refractivity contribution is -0.136. The number of H-pyrrole nitrogens is 1. The molecule has 6 N–H and O–H groups in total. The monoisotopic (exact) mass is 411 g/mol. The average Bonchev–Trinajstić information content (AvgIpc) is 3.27. The van der Waals surface area contributed by atoms with Crippen molar-refractivity contribution in [3.05, 3.63) is 46.5 Å². The number of alkyl halides is 3. The number of carbonyl (C=O) groups excluding carboxylic acids is 1. The Kier molecular flexibility index (Phi) is 5.29. The van der Waals surface area contributed by atoms with Gasteiger partial charge in [0.15, 0.2) is 16.8 Å². The maximum absolute atomic E-state index is 13.4. The lowest BCUT2D eigenvalue weighted by Gasteiger charge is -2.10. The van der Waals surface area contributed by atoms with Crippen molar-refractivity contribution in [2.75, 3.05) is 7.05 Å². The van der Waals surface area contributed by atoms with E-state index in [1.54, 1.807) is 12.1 Å². The summed E-state index contributed by atoms with van der Waals surface area (Å²) in [4.78, 5) is 19.3. The highest BCUT2D eigenvalue weighted by Gasteiger charge is 2.34. The standard InChI is InChI=1S/C17H16F3N5O2S/c1-23-16(22)25-15(26)11-6-9-10(17(18,19)20)3-4-12(14(9)24-11)27-13-5-2-8(7-21)28-13/h2-6,24H,7,21H2,1H3,(H3,22,23,25,26). The number of benzene rings is 1. The number of hydrogen-bond acceptors (Lipinski definition) is 4. The van der Waals surface area contributed by atoms with E-state index in [1.165, 1.54) is 24.5 Å². The Bertz CT molecular complexity index is 1050. The highest BCUT2D eigenvalue weighted by molar-refractivity contribution is 7.13. The molecule has 0 bridgehead atoms. The van der Waals surface area contributed by atoms with Gasteiger partial charge in [0.05, 0.1) is 11.1 Å². The molecule has 148 valence electrons. The molecule has 0 radical (unpaired) electrons. The van der Waals surface area contributed by atoms with Crippen LogP contribution in [0, 0.1) is 0 Å². The number of aromatic nitrogens is 1. The molecule has 2 heterocycles. The van der Waals surface area contributed by atoms with Crippen LogP contribution in [0.15, 0.2) is 35.3 Å². The number of ether oxygens (including phenoxy) is 1. The summed E-state index contributed by atoms with van der Waals surface area (Å²) in [5, 5.41) is 2.72. The lowest BCUT2D eigenvalue weighted by atomic mass is 10.1. The summed E-state index contributed by atoms with van der Waals surface area (Å²) in [6, 6.07) is 6.62. The number of nitrogens with zero attached hydrogens (tertiary/aromatic N) is 1. The second-order valence-electron chi connectivity index (χ2n) is 5.66. The van der Waals surface area contributed by atoms with Gasteiger partial charge in [0.1, 0.15) is 5.69 Å². The van der Waals surface area contributed by atoms with Gasteiger partial charge in [-0.15, -0.1) is 11.3 Å². The molecule has 3 rings (SSSR count). The molecule has 0 aliphatic carbocycles. The Morgan fingerprint density at radius 1 is 1.32 bits per heavy atom. The fraction of sp³-hybridized carbons (Fsp3) is 0.176. The van der Waals surface area contributed by atoms with Gasteiger partial charge in [-0.05, 0) is 30.3 Å². The van der Waals surface area contributed by atoms with Crippen molar-refractivity contribution in [2.45, 2.75) is 12.7 Å². The van der Waals surface area contributed by atoms with Crippen molar-refractivity contribution in [3.63, 3.8) is 0 Å². The summed E-state index contributed by atoms with van der Waals surface area (Å²) < 4.78 is 45.9. The molecule has 28 heavy (non-hydrogen) atoms. The van der Waals surface area contributed by atoms with E-state index in [0.717, 1.165) is 17.0 Å². The van der Waals surface area contributed by atoms with Crippen LogP contribution in [-0.2, 0) is 12.7 Å². The molecule has 0 spiro atoms. The fourth-order valence-electron chi connectivity index (χ4n) is 2.50. The Morgan fingerprint density at radius 2 is 2.07 bits per heavy atom. The van der Waals surface area contributed by atoms with Gasteiger partial charge in [-0.2, -0.15) is 18.2 Å². The molecular formula is C17H16F3N5O2S. The summed E-state index contributed by atoms with van der Waals surface area (Å²) >= 11 is 1.27. The topological polar surface area (TPSA) is 119 Å². The first kappa shape index (κ1) is 19.7. The number of fused-ring (bicyclic) bond motifs is 1.